The van der Waals surface area contributed by atoms with E-state index >= 15 is 0 Å². The topological polar surface area (TPSA) is 38.9 Å². The Bertz CT molecular complexity index is 452. The van der Waals surface area contributed by atoms with Crippen LogP contribution in [-0.4, -0.2) is 4.98 Å². The number of aryl methyl sites for hydroxylation is 1. The summed E-state index contributed by atoms with van der Waals surface area (Å²) in [5, 5.41) is 0. The maximum atomic E-state index is 5.81. The summed E-state index contributed by atoms with van der Waals surface area (Å²) in [6.07, 6.45) is 1.73. The SMILES string of the molecule is Cc1ccccc1CSCc1cccnc1N. The maximum Gasteiger partial charge on any atom is 0.127 e. The van der Waals surface area contributed by atoms with E-state index in [0.29, 0.717) is 5.82 Å². The number of nitrogens with two attached hydrogens (primary N) is 1. The second kappa shape index (κ2) is 5.73. The minimum absolute atomic E-state index is 0.643. The van der Waals surface area contributed by atoms with Gasteiger partial charge in [-0.2, -0.15) is 11.8 Å². The Hall–Kier alpha value is -1.48. The molecule has 0 bridgehead atoms. The zero-order valence-corrected chi connectivity index (χ0v) is 10.7. The van der Waals surface area contributed by atoms with E-state index in [2.05, 4.69) is 36.2 Å². The van der Waals surface area contributed by atoms with Gasteiger partial charge in [0.25, 0.3) is 0 Å². The van der Waals surface area contributed by atoms with Crippen LogP contribution in [-0.2, 0) is 11.5 Å². The Labute approximate surface area is 106 Å². The first kappa shape index (κ1) is 12.0. The average Bonchev–Trinajstić information content (AvgIpc) is 2.34. The Morgan fingerprint density at radius 1 is 1.06 bits per heavy atom. The summed E-state index contributed by atoms with van der Waals surface area (Å²) in [6, 6.07) is 12.4. The van der Waals surface area contributed by atoms with Gasteiger partial charge in [0.05, 0.1) is 0 Å². The number of pyridine rings is 1. The molecule has 0 saturated heterocycles. The number of hydrogen-bond donors (Lipinski definition) is 1. The predicted molar refractivity (Wildman–Crippen MR) is 74.8 cm³/mol. The Morgan fingerprint density at radius 2 is 1.76 bits per heavy atom. The largest absolute Gasteiger partial charge is 0.383 e. The van der Waals surface area contributed by atoms with Gasteiger partial charge in [0.2, 0.25) is 0 Å². The van der Waals surface area contributed by atoms with E-state index in [4.69, 9.17) is 5.73 Å². The van der Waals surface area contributed by atoms with Gasteiger partial charge in [-0.3, -0.25) is 0 Å². The van der Waals surface area contributed by atoms with Gasteiger partial charge >= 0.3 is 0 Å². The van der Waals surface area contributed by atoms with Gasteiger partial charge in [-0.15, -0.1) is 0 Å². The monoisotopic (exact) mass is 244 g/mol. The van der Waals surface area contributed by atoms with Gasteiger partial charge in [0, 0.05) is 23.3 Å². The van der Waals surface area contributed by atoms with Crippen molar-refractivity contribution in [2.75, 3.05) is 5.73 Å². The van der Waals surface area contributed by atoms with Crippen LogP contribution in [0.3, 0.4) is 0 Å². The molecule has 1 aromatic carbocycles. The quantitative estimate of drug-likeness (QED) is 0.895. The molecule has 2 N–H and O–H groups in total. The summed E-state index contributed by atoms with van der Waals surface area (Å²) in [7, 11) is 0. The van der Waals surface area contributed by atoms with Crippen LogP contribution >= 0.6 is 11.8 Å². The lowest BCUT2D eigenvalue weighted by molar-refractivity contribution is 1.25. The third kappa shape index (κ3) is 3.24. The van der Waals surface area contributed by atoms with Crippen molar-refractivity contribution in [1.82, 2.24) is 4.98 Å². The molecule has 0 unspecified atom stereocenters. The molecule has 0 aliphatic carbocycles. The summed E-state index contributed by atoms with van der Waals surface area (Å²) in [6.45, 7) is 2.15. The Morgan fingerprint density at radius 3 is 2.53 bits per heavy atom. The third-order valence-electron chi connectivity index (χ3n) is 2.70. The lowest BCUT2D eigenvalue weighted by Gasteiger charge is -2.06. The fraction of sp³-hybridized carbons (Fsp3) is 0.214. The number of aromatic nitrogens is 1. The number of benzene rings is 1. The molecule has 0 saturated carbocycles. The molecule has 2 aromatic rings. The summed E-state index contributed by atoms with van der Waals surface area (Å²) in [4.78, 5) is 4.09. The number of nitrogen functional groups attached to an aromatic ring is 1. The molecule has 1 aromatic heterocycles. The number of hydrogen-bond acceptors (Lipinski definition) is 3. The van der Waals surface area contributed by atoms with Crippen molar-refractivity contribution in [3.63, 3.8) is 0 Å². The van der Waals surface area contributed by atoms with Crippen molar-refractivity contribution in [2.24, 2.45) is 0 Å². The average molecular weight is 244 g/mol. The van der Waals surface area contributed by atoms with Crippen LogP contribution in [0.2, 0.25) is 0 Å². The second-order valence-electron chi connectivity index (χ2n) is 3.97. The molecule has 0 aliphatic rings. The van der Waals surface area contributed by atoms with Crippen LogP contribution in [0.25, 0.3) is 0 Å². The van der Waals surface area contributed by atoms with Crippen LogP contribution < -0.4 is 5.73 Å². The smallest absolute Gasteiger partial charge is 0.127 e. The third-order valence-corrected chi connectivity index (χ3v) is 3.73. The molecule has 3 heteroatoms. The van der Waals surface area contributed by atoms with E-state index in [0.717, 1.165) is 17.1 Å². The highest BCUT2D eigenvalue weighted by Crippen LogP contribution is 2.21. The molecule has 0 radical (unpaired) electrons. The number of thioether (sulfide) groups is 1. The highest BCUT2D eigenvalue weighted by molar-refractivity contribution is 7.97. The molecule has 0 aliphatic heterocycles. The van der Waals surface area contributed by atoms with E-state index in [-0.39, 0.29) is 0 Å². The normalized spacial score (nSPS) is 10.4. The van der Waals surface area contributed by atoms with Gasteiger partial charge in [-0.05, 0) is 24.1 Å². The summed E-state index contributed by atoms with van der Waals surface area (Å²) in [5.41, 5.74) is 9.66. The molecule has 0 fully saturated rings. The van der Waals surface area contributed by atoms with E-state index in [1.165, 1.54) is 11.1 Å². The minimum Gasteiger partial charge on any atom is -0.383 e. The van der Waals surface area contributed by atoms with Crippen molar-refractivity contribution in [3.05, 3.63) is 59.3 Å². The highest BCUT2D eigenvalue weighted by atomic mass is 32.2. The molecule has 0 atom stereocenters. The van der Waals surface area contributed by atoms with E-state index in [9.17, 15) is 0 Å². The molecular formula is C14H16N2S. The highest BCUT2D eigenvalue weighted by Gasteiger charge is 2.01. The molecule has 17 heavy (non-hydrogen) atoms. The first-order valence-electron chi connectivity index (χ1n) is 5.59. The number of anilines is 1. The lowest BCUT2D eigenvalue weighted by atomic mass is 10.1. The van der Waals surface area contributed by atoms with Gasteiger partial charge in [0.15, 0.2) is 0 Å². The summed E-state index contributed by atoms with van der Waals surface area (Å²) >= 11 is 1.87. The van der Waals surface area contributed by atoms with Gasteiger partial charge in [0.1, 0.15) is 5.82 Å². The first-order chi connectivity index (χ1) is 8.27. The predicted octanol–water partition coefficient (Wildman–Crippen LogP) is 3.41. The van der Waals surface area contributed by atoms with Gasteiger partial charge in [-0.1, -0.05) is 30.3 Å². The minimum atomic E-state index is 0.643. The van der Waals surface area contributed by atoms with Crippen molar-refractivity contribution in [1.29, 1.82) is 0 Å². The zero-order chi connectivity index (χ0) is 12.1. The van der Waals surface area contributed by atoms with Gasteiger partial charge < -0.3 is 5.73 Å². The Kier molecular flexibility index (Phi) is 4.04. The first-order valence-corrected chi connectivity index (χ1v) is 6.74. The summed E-state index contributed by atoms with van der Waals surface area (Å²) < 4.78 is 0. The van der Waals surface area contributed by atoms with E-state index in [1.54, 1.807) is 6.20 Å². The van der Waals surface area contributed by atoms with Crippen molar-refractivity contribution in [3.8, 4) is 0 Å². The fourth-order valence-electron chi connectivity index (χ4n) is 1.62. The van der Waals surface area contributed by atoms with Crippen molar-refractivity contribution in [2.45, 2.75) is 18.4 Å². The van der Waals surface area contributed by atoms with Crippen LogP contribution in [0.4, 0.5) is 5.82 Å². The molecular weight excluding hydrogens is 228 g/mol. The molecule has 0 amide bonds. The van der Waals surface area contributed by atoms with Crippen LogP contribution in [0.5, 0.6) is 0 Å². The van der Waals surface area contributed by atoms with E-state index < -0.39 is 0 Å². The molecule has 2 rings (SSSR count). The standard InChI is InChI=1S/C14H16N2S/c1-11-5-2-3-6-12(11)9-17-10-13-7-4-8-16-14(13)15/h2-8H,9-10H2,1H3,(H2,15,16). The van der Waals surface area contributed by atoms with E-state index in [1.807, 2.05) is 23.9 Å². The van der Waals surface area contributed by atoms with Crippen LogP contribution in [0, 0.1) is 6.92 Å². The number of nitrogens with zero attached hydrogens (tertiary/aromatic N) is 1. The summed E-state index contributed by atoms with van der Waals surface area (Å²) in [5.74, 6) is 2.57. The van der Waals surface area contributed by atoms with Gasteiger partial charge in [-0.25, -0.2) is 4.98 Å². The number of rotatable bonds is 4. The maximum absolute atomic E-state index is 5.81. The molecule has 0 spiro atoms. The molecule has 88 valence electrons. The molecule has 2 nitrogen and oxygen atoms in total. The van der Waals surface area contributed by atoms with Crippen molar-refractivity contribution < 1.29 is 0 Å². The lowest BCUT2D eigenvalue weighted by Crippen LogP contribution is -1.95. The van der Waals surface area contributed by atoms with Crippen LogP contribution in [0.1, 0.15) is 16.7 Å². The van der Waals surface area contributed by atoms with Crippen LogP contribution in [0.15, 0.2) is 42.6 Å². The molecule has 1 heterocycles. The zero-order valence-electron chi connectivity index (χ0n) is 9.89. The fourth-order valence-corrected chi connectivity index (χ4v) is 2.73. The Balaban J connectivity index is 1.93. The van der Waals surface area contributed by atoms with Crippen molar-refractivity contribution >= 4 is 17.6 Å². The second-order valence-corrected chi connectivity index (χ2v) is 4.95.